The molecule has 0 rings (SSSR count). The Morgan fingerprint density at radius 3 is 1.67 bits per heavy atom. The molecule has 0 spiro atoms. The first kappa shape index (κ1) is 9.06. The Kier molecular flexibility index (Phi) is 38.5. The Morgan fingerprint density at radius 2 is 1.67 bits per heavy atom. The Bertz CT molecular complexity index is 22.8. The Labute approximate surface area is 37.5 Å². The van der Waals surface area contributed by atoms with Crippen molar-refractivity contribution in [3.8, 4) is 0 Å². The van der Waals surface area contributed by atoms with Gasteiger partial charge in [-0.15, -0.1) is 0 Å². The average Bonchev–Trinajstić information content (AvgIpc) is 1.39. The highest BCUT2D eigenvalue weighted by Gasteiger charge is 1.29. The van der Waals surface area contributed by atoms with Gasteiger partial charge in [0.25, 0.3) is 0 Å². The fourth-order valence-corrected chi connectivity index (χ4v) is 0. The molecule has 0 heterocycles. The highest BCUT2D eigenvalue weighted by atomic mass is 16.1. The van der Waals surface area contributed by atoms with Crippen LogP contribution in [0.1, 0.15) is 0 Å². The standard InChI is InChI=1S/C2H7N.CH2NO/c1-3-2;2-1-3/h3H,1-2H3;(H2,2,3)/q;-1/p+1. The van der Waals surface area contributed by atoms with E-state index in [4.69, 9.17) is 4.79 Å². The van der Waals surface area contributed by atoms with E-state index in [0.29, 0.717) is 0 Å². The summed E-state index contributed by atoms with van der Waals surface area (Å²) >= 11 is 0. The van der Waals surface area contributed by atoms with Gasteiger partial charge in [0, 0.05) is 0 Å². The largest absolute Gasteiger partial charge is 0.543 e. The molecule has 0 radical (unpaired) electrons. The van der Waals surface area contributed by atoms with Crippen LogP contribution in [0, 0.1) is 0 Å². The highest BCUT2D eigenvalue weighted by molar-refractivity contribution is 5.43. The second-order valence-electron chi connectivity index (χ2n) is 0.695. The SMILES string of the molecule is C[NH2+]C.N[C-]=O. The van der Waals surface area contributed by atoms with Crippen molar-refractivity contribution in [2.45, 2.75) is 0 Å². The number of quaternary nitrogens is 1. The lowest BCUT2D eigenvalue weighted by Gasteiger charge is -1.59. The fourth-order valence-electron chi connectivity index (χ4n) is 0. The van der Waals surface area contributed by atoms with Crippen LogP contribution in [0.5, 0.6) is 0 Å². The van der Waals surface area contributed by atoms with Crippen molar-refractivity contribution in [3.63, 3.8) is 0 Å². The molecule has 1 amide bonds. The molecule has 4 N–H and O–H groups in total. The molecule has 0 bridgehead atoms. The first-order chi connectivity index (χ1) is 2.83. The van der Waals surface area contributed by atoms with Gasteiger partial charge in [-0.3, -0.25) is 0 Å². The first-order valence-electron chi connectivity index (χ1n) is 1.65. The maximum absolute atomic E-state index is 8.46. The van der Waals surface area contributed by atoms with E-state index in [-0.39, 0.29) is 0 Å². The summed E-state index contributed by atoms with van der Waals surface area (Å²) < 4.78 is 0. The van der Waals surface area contributed by atoms with Gasteiger partial charge < -0.3 is 15.8 Å². The van der Waals surface area contributed by atoms with Gasteiger partial charge in [-0.05, 0) is 0 Å². The number of carbonyl (C=O) groups excluding carboxylic acids is 1. The molecule has 3 nitrogen and oxygen atoms in total. The summed E-state index contributed by atoms with van der Waals surface area (Å²) in [6.45, 7) is 0. The smallest absolute Gasteiger partial charge is 0.0647 e. The van der Waals surface area contributed by atoms with E-state index in [2.05, 4.69) is 5.73 Å². The van der Waals surface area contributed by atoms with Crippen molar-refractivity contribution < 1.29 is 10.1 Å². The van der Waals surface area contributed by atoms with Crippen LogP contribution in [0.15, 0.2) is 0 Å². The second-order valence-corrected chi connectivity index (χ2v) is 0.695. The summed E-state index contributed by atoms with van der Waals surface area (Å²) in [5.41, 5.74) is 4.04. The predicted molar refractivity (Wildman–Crippen MR) is 23.7 cm³/mol. The normalized spacial score (nSPS) is 5.00. The predicted octanol–water partition coefficient (Wildman–Crippen LogP) is -2.18. The summed E-state index contributed by atoms with van der Waals surface area (Å²) in [5.74, 6) is 0. The summed E-state index contributed by atoms with van der Waals surface area (Å²) in [5, 5.41) is 2.00. The number of nitrogens with two attached hydrogens (primary N) is 2. The molecular weight excluding hydrogens is 80.0 g/mol. The van der Waals surface area contributed by atoms with Crippen molar-refractivity contribution in [1.29, 1.82) is 0 Å². The summed E-state index contributed by atoms with van der Waals surface area (Å²) in [6, 6.07) is 0. The molecule has 0 aliphatic heterocycles. The minimum absolute atomic E-state index is 1.00. The van der Waals surface area contributed by atoms with Crippen LogP contribution in [0.4, 0.5) is 0 Å². The highest BCUT2D eigenvalue weighted by Crippen LogP contribution is 0.809. The third kappa shape index (κ3) is 62.3. The van der Waals surface area contributed by atoms with Crippen molar-refractivity contribution in [3.05, 3.63) is 0 Å². The average molecular weight is 90.1 g/mol. The van der Waals surface area contributed by atoms with E-state index in [1.165, 1.54) is 0 Å². The maximum Gasteiger partial charge on any atom is 0.0647 e. The molecular formula is C3H10N2O. The molecule has 0 saturated carbocycles. The van der Waals surface area contributed by atoms with Crippen LogP contribution in [-0.2, 0) is 4.79 Å². The molecule has 0 aromatic heterocycles. The van der Waals surface area contributed by atoms with Gasteiger partial charge in [0.15, 0.2) is 0 Å². The topological polar surface area (TPSA) is 59.7 Å². The van der Waals surface area contributed by atoms with Crippen molar-refractivity contribution in [1.82, 2.24) is 0 Å². The lowest BCUT2D eigenvalue weighted by atomic mass is 11.3. The quantitative estimate of drug-likeness (QED) is 0.258. The zero-order chi connectivity index (χ0) is 5.41. The van der Waals surface area contributed by atoms with Gasteiger partial charge >= 0.3 is 0 Å². The van der Waals surface area contributed by atoms with Gasteiger partial charge in [-0.25, -0.2) is 0 Å². The molecule has 0 aliphatic carbocycles. The minimum atomic E-state index is 1.00. The number of hydrogen-bond acceptors (Lipinski definition) is 1. The van der Waals surface area contributed by atoms with Gasteiger partial charge in [0.05, 0.1) is 14.1 Å². The van der Waals surface area contributed by atoms with Gasteiger partial charge in [0.2, 0.25) is 0 Å². The fraction of sp³-hybridized carbons (Fsp3) is 0.667. The van der Waals surface area contributed by atoms with Gasteiger partial charge in [0.1, 0.15) is 0 Å². The number of hydrogen-bond donors (Lipinski definition) is 2. The molecule has 0 saturated heterocycles. The number of amides is 1. The minimum Gasteiger partial charge on any atom is -0.543 e. The third-order valence-electron chi connectivity index (χ3n) is 0. The van der Waals surface area contributed by atoms with Crippen LogP contribution < -0.4 is 11.1 Å². The summed E-state index contributed by atoms with van der Waals surface area (Å²) in [4.78, 5) is 8.46. The number of primary amides is 1. The molecule has 3 heteroatoms. The maximum atomic E-state index is 8.46. The second kappa shape index (κ2) is 25.5. The van der Waals surface area contributed by atoms with E-state index in [1.54, 1.807) is 0 Å². The van der Waals surface area contributed by atoms with E-state index in [9.17, 15) is 0 Å². The molecule has 0 unspecified atom stereocenters. The van der Waals surface area contributed by atoms with Crippen LogP contribution in [-0.4, -0.2) is 20.5 Å². The zero-order valence-electron chi connectivity index (χ0n) is 4.06. The number of rotatable bonds is 0. The van der Waals surface area contributed by atoms with E-state index in [1.807, 2.05) is 19.4 Å². The van der Waals surface area contributed by atoms with Crippen LogP contribution in [0.25, 0.3) is 0 Å². The molecule has 0 fully saturated rings. The Hall–Kier alpha value is -0.570. The lowest BCUT2D eigenvalue weighted by molar-refractivity contribution is -0.597. The molecule has 6 heavy (non-hydrogen) atoms. The van der Waals surface area contributed by atoms with Crippen molar-refractivity contribution >= 4 is 6.41 Å². The van der Waals surface area contributed by atoms with Crippen LogP contribution >= 0.6 is 0 Å². The summed E-state index contributed by atoms with van der Waals surface area (Å²) in [7, 11) is 4.00. The summed E-state index contributed by atoms with van der Waals surface area (Å²) in [6.07, 6.45) is 1.00. The first-order valence-corrected chi connectivity index (χ1v) is 1.65. The lowest BCUT2D eigenvalue weighted by Crippen LogP contribution is -2.74. The van der Waals surface area contributed by atoms with Crippen molar-refractivity contribution in [2.24, 2.45) is 5.73 Å². The Balaban J connectivity index is 0. The van der Waals surface area contributed by atoms with E-state index >= 15 is 0 Å². The monoisotopic (exact) mass is 90.1 g/mol. The zero-order valence-corrected chi connectivity index (χ0v) is 4.06. The van der Waals surface area contributed by atoms with E-state index in [0.717, 1.165) is 6.41 Å². The molecule has 0 atom stereocenters. The van der Waals surface area contributed by atoms with Crippen molar-refractivity contribution in [2.75, 3.05) is 14.1 Å². The van der Waals surface area contributed by atoms with Crippen LogP contribution in [0.2, 0.25) is 0 Å². The molecule has 0 aromatic carbocycles. The third-order valence-corrected chi connectivity index (χ3v) is 0. The molecule has 0 aliphatic rings. The molecule has 38 valence electrons. The van der Waals surface area contributed by atoms with Crippen LogP contribution in [0.3, 0.4) is 0 Å². The Morgan fingerprint density at radius 1 is 1.67 bits per heavy atom. The molecule has 0 aromatic rings. The van der Waals surface area contributed by atoms with Gasteiger partial charge in [-0.1, -0.05) is 0 Å². The van der Waals surface area contributed by atoms with E-state index < -0.39 is 0 Å². The van der Waals surface area contributed by atoms with Gasteiger partial charge in [-0.2, -0.15) is 6.41 Å².